The van der Waals surface area contributed by atoms with Crippen molar-refractivity contribution in [3.05, 3.63) is 35.4 Å². The molecular weight excluding hydrogens is 294 g/mol. The molecule has 1 heterocycles. The first-order valence-corrected chi connectivity index (χ1v) is 9.51. The average Bonchev–Trinajstić information content (AvgIpc) is 3.27. The Morgan fingerprint density at radius 3 is 2.91 bits per heavy atom. The molecule has 2 fully saturated rings. The van der Waals surface area contributed by atoms with Gasteiger partial charge in [-0.3, -0.25) is 4.79 Å². The SMILES string of the molecule is O=C(NC[C@@H]1[C@H]2CCc3ccccc3[C@@H]21)C1(O)CCSCC1. The van der Waals surface area contributed by atoms with Gasteiger partial charge in [-0.15, -0.1) is 0 Å². The van der Waals surface area contributed by atoms with Gasteiger partial charge in [0.05, 0.1) is 0 Å². The summed E-state index contributed by atoms with van der Waals surface area (Å²) in [6.07, 6.45) is 3.58. The number of nitrogens with one attached hydrogen (secondary N) is 1. The summed E-state index contributed by atoms with van der Waals surface area (Å²) in [6.45, 7) is 0.720. The number of rotatable bonds is 3. The molecule has 2 aliphatic carbocycles. The molecule has 0 spiro atoms. The van der Waals surface area contributed by atoms with E-state index in [0.29, 0.717) is 24.7 Å². The van der Waals surface area contributed by atoms with Crippen molar-refractivity contribution in [2.24, 2.45) is 11.8 Å². The second-order valence-electron chi connectivity index (χ2n) is 6.94. The van der Waals surface area contributed by atoms with E-state index in [1.807, 2.05) is 11.8 Å². The number of hydrogen-bond acceptors (Lipinski definition) is 3. The molecule has 4 heteroatoms. The molecule has 1 saturated heterocycles. The molecule has 0 radical (unpaired) electrons. The lowest BCUT2D eigenvalue weighted by Gasteiger charge is -2.30. The van der Waals surface area contributed by atoms with Crippen molar-refractivity contribution in [2.45, 2.75) is 37.2 Å². The van der Waals surface area contributed by atoms with Crippen molar-refractivity contribution in [1.29, 1.82) is 0 Å². The van der Waals surface area contributed by atoms with Crippen LogP contribution < -0.4 is 5.32 Å². The molecule has 1 saturated carbocycles. The van der Waals surface area contributed by atoms with E-state index >= 15 is 0 Å². The standard InChI is InChI=1S/C18H23NO2S/c20-17(18(21)7-9-22-10-8-18)19-11-15-14-6-5-12-3-1-2-4-13(12)16(14)15/h1-4,14-16,21H,5-11H2,(H,19,20)/t14-,15-,16+/m1/s1. The number of benzene rings is 1. The number of carbonyl (C=O) groups is 1. The molecule has 2 N–H and O–H groups in total. The van der Waals surface area contributed by atoms with Crippen LogP contribution in [0.2, 0.25) is 0 Å². The van der Waals surface area contributed by atoms with Gasteiger partial charge >= 0.3 is 0 Å². The zero-order valence-corrected chi connectivity index (χ0v) is 13.6. The second-order valence-corrected chi connectivity index (χ2v) is 8.17. The molecule has 0 aromatic heterocycles. The molecule has 1 aliphatic heterocycles. The molecule has 1 amide bonds. The van der Waals surface area contributed by atoms with Crippen LogP contribution in [-0.2, 0) is 11.2 Å². The summed E-state index contributed by atoms with van der Waals surface area (Å²) in [7, 11) is 0. The number of thioether (sulfide) groups is 1. The van der Waals surface area contributed by atoms with Gasteiger partial charge in [0.2, 0.25) is 0 Å². The Morgan fingerprint density at radius 1 is 1.32 bits per heavy atom. The van der Waals surface area contributed by atoms with Crippen molar-refractivity contribution in [3.8, 4) is 0 Å². The van der Waals surface area contributed by atoms with Gasteiger partial charge in [-0.1, -0.05) is 24.3 Å². The quantitative estimate of drug-likeness (QED) is 0.899. The molecule has 1 aromatic rings. The maximum absolute atomic E-state index is 12.3. The molecule has 4 rings (SSSR count). The Morgan fingerprint density at radius 2 is 2.09 bits per heavy atom. The largest absolute Gasteiger partial charge is 0.380 e. The van der Waals surface area contributed by atoms with E-state index in [4.69, 9.17) is 0 Å². The van der Waals surface area contributed by atoms with E-state index in [9.17, 15) is 9.90 Å². The Balaban J connectivity index is 1.37. The van der Waals surface area contributed by atoms with Crippen LogP contribution in [0.1, 0.15) is 36.3 Å². The summed E-state index contributed by atoms with van der Waals surface area (Å²) in [5, 5.41) is 13.5. The number of amides is 1. The minimum atomic E-state index is -1.12. The topological polar surface area (TPSA) is 49.3 Å². The minimum absolute atomic E-state index is 0.148. The zero-order valence-electron chi connectivity index (χ0n) is 12.8. The minimum Gasteiger partial charge on any atom is -0.380 e. The molecule has 0 unspecified atom stereocenters. The van der Waals surface area contributed by atoms with Crippen LogP contribution in [0.5, 0.6) is 0 Å². The number of aliphatic hydroxyl groups is 1. The normalized spacial score (nSPS) is 31.8. The third-order valence-corrected chi connectivity index (χ3v) is 6.72. The van der Waals surface area contributed by atoms with Gasteiger partial charge in [0, 0.05) is 6.54 Å². The van der Waals surface area contributed by atoms with E-state index in [2.05, 4.69) is 29.6 Å². The van der Waals surface area contributed by atoms with Crippen molar-refractivity contribution in [2.75, 3.05) is 18.1 Å². The molecule has 0 bridgehead atoms. The van der Waals surface area contributed by atoms with Gasteiger partial charge in [-0.05, 0) is 66.1 Å². The van der Waals surface area contributed by atoms with Crippen LogP contribution in [-0.4, -0.2) is 34.7 Å². The third-order valence-electron chi connectivity index (χ3n) is 5.73. The van der Waals surface area contributed by atoms with Crippen molar-refractivity contribution in [1.82, 2.24) is 5.32 Å². The maximum atomic E-state index is 12.3. The van der Waals surface area contributed by atoms with E-state index in [0.717, 1.165) is 24.0 Å². The van der Waals surface area contributed by atoms with Crippen molar-refractivity contribution >= 4 is 17.7 Å². The lowest BCUT2D eigenvalue weighted by atomic mass is 9.92. The zero-order chi connectivity index (χ0) is 15.2. The number of aryl methyl sites for hydroxylation is 1. The molecule has 118 valence electrons. The van der Waals surface area contributed by atoms with Gasteiger partial charge in [-0.2, -0.15) is 11.8 Å². The van der Waals surface area contributed by atoms with Crippen LogP contribution >= 0.6 is 11.8 Å². The van der Waals surface area contributed by atoms with Gasteiger partial charge in [0.1, 0.15) is 5.60 Å². The fraction of sp³-hybridized carbons (Fsp3) is 0.611. The summed E-state index contributed by atoms with van der Waals surface area (Å²) in [4.78, 5) is 12.3. The van der Waals surface area contributed by atoms with E-state index in [1.165, 1.54) is 24.0 Å². The predicted octanol–water partition coefficient (Wildman–Crippen LogP) is 2.34. The Hall–Kier alpha value is -1.00. The summed E-state index contributed by atoms with van der Waals surface area (Å²) >= 11 is 1.82. The van der Waals surface area contributed by atoms with E-state index < -0.39 is 5.60 Å². The maximum Gasteiger partial charge on any atom is 0.252 e. The summed E-state index contributed by atoms with van der Waals surface area (Å²) in [5.74, 6) is 3.53. The Kier molecular flexibility index (Phi) is 3.69. The Bertz CT molecular complexity index is 582. The number of hydrogen-bond donors (Lipinski definition) is 2. The van der Waals surface area contributed by atoms with Crippen LogP contribution in [0.15, 0.2) is 24.3 Å². The highest BCUT2D eigenvalue weighted by atomic mass is 32.2. The van der Waals surface area contributed by atoms with Crippen molar-refractivity contribution in [3.63, 3.8) is 0 Å². The van der Waals surface area contributed by atoms with Crippen LogP contribution in [0.25, 0.3) is 0 Å². The monoisotopic (exact) mass is 317 g/mol. The molecule has 1 aromatic carbocycles. The van der Waals surface area contributed by atoms with E-state index in [-0.39, 0.29) is 5.91 Å². The second kappa shape index (κ2) is 5.57. The van der Waals surface area contributed by atoms with Gasteiger partial charge in [-0.25, -0.2) is 0 Å². The lowest BCUT2D eigenvalue weighted by Crippen LogP contribution is -2.49. The average molecular weight is 317 g/mol. The van der Waals surface area contributed by atoms with E-state index in [1.54, 1.807) is 0 Å². The molecule has 3 atom stereocenters. The highest BCUT2D eigenvalue weighted by Crippen LogP contribution is 2.59. The summed E-state index contributed by atoms with van der Waals surface area (Å²) in [6, 6.07) is 8.73. The first kappa shape index (κ1) is 14.6. The first-order valence-electron chi connectivity index (χ1n) is 8.35. The lowest BCUT2D eigenvalue weighted by molar-refractivity contribution is -0.140. The Labute approximate surface area is 135 Å². The first-order chi connectivity index (χ1) is 10.7. The smallest absolute Gasteiger partial charge is 0.252 e. The van der Waals surface area contributed by atoms with Gasteiger partial charge in [0.15, 0.2) is 0 Å². The number of carbonyl (C=O) groups excluding carboxylic acids is 1. The summed E-state index contributed by atoms with van der Waals surface area (Å²) < 4.78 is 0. The van der Waals surface area contributed by atoms with Crippen LogP contribution in [0, 0.1) is 11.8 Å². The van der Waals surface area contributed by atoms with Crippen LogP contribution in [0.4, 0.5) is 0 Å². The third kappa shape index (κ3) is 2.46. The molecule has 3 nitrogen and oxygen atoms in total. The fourth-order valence-corrected chi connectivity index (χ4v) is 5.47. The predicted molar refractivity (Wildman–Crippen MR) is 89.0 cm³/mol. The highest BCUT2D eigenvalue weighted by Gasteiger charge is 2.53. The van der Waals surface area contributed by atoms with Crippen LogP contribution in [0.3, 0.4) is 0 Å². The summed E-state index contributed by atoms with van der Waals surface area (Å²) in [5.41, 5.74) is 1.86. The van der Waals surface area contributed by atoms with Crippen molar-refractivity contribution < 1.29 is 9.90 Å². The molecule has 3 aliphatic rings. The highest BCUT2D eigenvalue weighted by molar-refractivity contribution is 7.99. The molecule has 22 heavy (non-hydrogen) atoms. The fourth-order valence-electron chi connectivity index (χ4n) is 4.30. The number of fused-ring (bicyclic) bond motifs is 3. The van der Waals surface area contributed by atoms with Gasteiger partial charge in [0.25, 0.3) is 5.91 Å². The van der Waals surface area contributed by atoms with Gasteiger partial charge < -0.3 is 10.4 Å². The molecular formula is C18H23NO2S.